The molecule has 1 aromatic carbocycles. The van der Waals surface area contributed by atoms with Gasteiger partial charge in [0.2, 0.25) is 11.8 Å². The number of carbonyl (C=O) groups is 2. The smallest absolute Gasteiger partial charge is 0.231 e. The second-order valence-electron chi connectivity index (χ2n) is 14.8. The predicted octanol–water partition coefficient (Wildman–Crippen LogP) is 5.20. The Morgan fingerprint density at radius 1 is 1.00 bits per heavy atom. The van der Waals surface area contributed by atoms with Gasteiger partial charge in [0.25, 0.3) is 0 Å². The number of halogens is 2. The van der Waals surface area contributed by atoms with Gasteiger partial charge >= 0.3 is 0 Å². The van der Waals surface area contributed by atoms with E-state index >= 15 is 0 Å². The Balaban J connectivity index is 1.57. The summed E-state index contributed by atoms with van der Waals surface area (Å²) in [5.74, 6) is -2.14. The van der Waals surface area contributed by atoms with Crippen LogP contribution in [0, 0.1) is 28.4 Å². The summed E-state index contributed by atoms with van der Waals surface area (Å²) in [6, 6.07) is 3.63. The number of benzene rings is 1. The van der Waals surface area contributed by atoms with Crippen molar-refractivity contribution in [3.63, 3.8) is 0 Å². The third kappa shape index (κ3) is 6.38. The Kier molecular flexibility index (Phi) is 8.74. The first-order valence-electron chi connectivity index (χ1n) is 15.0. The predicted molar refractivity (Wildman–Crippen MR) is 153 cm³/mol. The number of rotatable bonds is 6. The Bertz CT molecular complexity index is 1090. The molecule has 0 bridgehead atoms. The van der Waals surface area contributed by atoms with E-state index in [4.69, 9.17) is 0 Å². The van der Waals surface area contributed by atoms with E-state index in [1.807, 2.05) is 9.80 Å². The molecule has 0 unspecified atom stereocenters. The highest BCUT2D eigenvalue weighted by Gasteiger charge is 2.48. The van der Waals surface area contributed by atoms with Crippen molar-refractivity contribution in [1.29, 1.82) is 0 Å². The van der Waals surface area contributed by atoms with E-state index in [2.05, 4.69) is 39.5 Å². The van der Waals surface area contributed by atoms with Crippen LogP contribution < -0.4 is 0 Å². The fourth-order valence-corrected chi connectivity index (χ4v) is 6.83. The molecule has 3 aliphatic rings. The van der Waals surface area contributed by atoms with Crippen molar-refractivity contribution in [3.8, 4) is 0 Å². The molecule has 2 amide bonds. The van der Waals surface area contributed by atoms with Crippen LogP contribution in [-0.4, -0.2) is 82.0 Å². The van der Waals surface area contributed by atoms with Crippen molar-refractivity contribution >= 4 is 11.8 Å². The third-order valence-electron chi connectivity index (χ3n) is 9.73. The van der Waals surface area contributed by atoms with Crippen molar-refractivity contribution < 1.29 is 23.5 Å². The summed E-state index contributed by atoms with van der Waals surface area (Å²) in [6.45, 7) is 16.1. The summed E-state index contributed by atoms with van der Waals surface area (Å²) in [7, 11) is 0. The van der Waals surface area contributed by atoms with E-state index in [9.17, 15) is 23.5 Å². The summed E-state index contributed by atoms with van der Waals surface area (Å²) in [5.41, 5.74) is -0.463. The van der Waals surface area contributed by atoms with Crippen molar-refractivity contribution in [3.05, 3.63) is 35.4 Å². The van der Waals surface area contributed by atoms with Gasteiger partial charge in [-0.3, -0.25) is 14.5 Å². The van der Waals surface area contributed by atoms with Gasteiger partial charge < -0.3 is 14.9 Å². The molecule has 2 heterocycles. The molecule has 0 spiro atoms. The maximum Gasteiger partial charge on any atom is 0.231 e. The van der Waals surface area contributed by atoms with Crippen LogP contribution in [0.1, 0.15) is 92.1 Å². The van der Waals surface area contributed by atoms with Crippen LogP contribution in [0.3, 0.4) is 0 Å². The number of aliphatic hydroxyl groups excluding tert-OH is 1. The summed E-state index contributed by atoms with van der Waals surface area (Å²) in [6.07, 6.45) is 4.59. The first-order valence-corrected chi connectivity index (χ1v) is 15.0. The van der Waals surface area contributed by atoms with Gasteiger partial charge in [0.05, 0.1) is 24.0 Å². The van der Waals surface area contributed by atoms with Gasteiger partial charge in [0.1, 0.15) is 11.6 Å². The fourth-order valence-electron chi connectivity index (χ4n) is 6.83. The molecule has 0 aromatic heterocycles. The fraction of sp³-hybridized carbons (Fsp3) is 0.750. The number of aliphatic hydroxyl groups is 1. The number of likely N-dealkylation sites (tertiary alicyclic amines) is 2. The Morgan fingerprint density at radius 3 is 2.23 bits per heavy atom. The van der Waals surface area contributed by atoms with Gasteiger partial charge in [-0.1, -0.05) is 19.9 Å². The zero-order valence-electron chi connectivity index (χ0n) is 25.5. The lowest BCUT2D eigenvalue weighted by Gasteiger charge is -2.45. The van der Waals surface area contributed by atoms with Gasteiger partial charge in [0, 0.05) is 49.7 Å². The number of carbonyl (C=O) groups excluding carboxylic acids is 2. The zero-order valence-corrected chi connectivity index (χ0v) is 25.5. The highest BCUT2D eigenvalue weighted by atomic mass is 19.1. The van der Waals surface area contributed by atoms with Gasteiger partial charge in [-0.05, 0) is 83.8 Å². The molecule has 8 heteroatoms. The molecule has 3 fully saturated rings. The largest absolute Gasteiger partial charge is 0.395 e. The van der Waals surface area contributed by atoms with E-state index in [1.165, 1.54) is 12.1 Å². The lowest BCUT2D eigenvalue weighted by Crippen LogP contribution is -2.55. The Hall–Kier alpha value is -2.06. The van der Waals surface area contributed by atoms with E-state index in [1.54, 1.807) is 13.8 Å². The monoisotopic (exact) mass is 561 g/mol. The van der Waals surface area contributed by atoms with Crippen molar-refractivity contribution in [2.75, 3.05) is 32.8 Å². The summed E-state index contributed by atoms with van der Waals surface area (Å²) in [4.78, 5) is 34.0. The van der Waals surface area contributed by atoms with Gasteiger partial charge in [0.15, 0.2) is 0 Å². The minimum absolute atomic E-state index is 0.0263. The minimum atomic E-state index is -0.895. The number of nitrogens with zero attached hydrogens (tertiary/aromatic N) is 3. The molecule has 2 saturated heterocycles. The van der Waals surface area contributed by atoms with E-state index in [-0.39, 0.29) is 47.4 Å². The highest BCUT2D eigenvalue weighted by molar-refractivity contribution is 5.84. The van der Waals surface area contributed by atoms with Gasteiger partial charge in [-0.2, -0.15) is 0 Å². The maximum atomic E-state index is 15.0. The standard InChI is InChI=1S/C32H49F2N3O3/c1-30(2,3)36-18-25(24-9-8-21(33)16-27(24)34)26(19-36)28(39)35-15-12-23(17-35)37(29(40)32(6,7)20-38)22-10-13-31(4,5)14-11-22/h8-9,16,22-23,25-26,38H,10-15,17-20H2,1-7H3/t23-,25-,26+/m0/s1. The molecule has 2 aliphatic heterocycles. The highest BCUT2D eigenvalue weighted by Crippen LogP contribution is 2.41. The van der Waals surface area contributed by atoms with E-state index < -0.39 is 23.0 Å². The Labute approximate surface area is 239 Å². The molecule has 4 rings (SSSR count). The van der Waals surface area contributed by atoms with Crippen LogP contribution in [0.15, 0.2) is 18.2 Å². The average Bonchev–Trinajstić information content (AvgIpc) is 3.53. The van der Waals surface area contributed by atoms with Crippen molar-refractivity contribution in [2.24, 2.45) is 16.7 Å². The first-order chi connectivity index (χ1) is 18.5. The van der Waals surface area contributed by atoms with Crippen LogP contribution in [0.5, 0.6) is 0 Å². The molecular weight excluding hydrogens is 512 g/mol. The first kappa shape index (κ1) is 30.9. The zero-order chi connectivity index (χ0) is 29.6. The topological polar surface area (TPSA) is 64.1 Å². The maximum absolute atomic E-state index is 15.0. The van der Waals surface area contributed by atoms with Gasteiger partial charge in [-0.25, -0.2) is 8.78 Å². The second kappa shape index (κ2) is 11.3. The Morgan fingerprint density at radius 2 is 1.65 bits per heavy atom. The molecule has 3 atom stereocenters. The molecule has 1 aliphatic carbocycles. The van der Waals surface area contributed by atoms with Crippen LogP contribution >= 0.6 is 0 Å². The summed E-state index contributed by atoms with van der Waals surface area (Å²) < 4.78 is 28.7. The van der Waals surface area contributed by atoms with Crippen LogP contribution in [-0.2, 0) is 9.59 Å². The van der Waals surface area contributed by atoms with E-state index in [0.29, 0.717) is 38.2 Å². The molecule has 224 valence electrons. The number of amides is 2. The summed E-state index contributed by atoms with van der Waals surface area (Å²) in [5, 5.41) is 10.0. The summed E-state index contributed by atoms with van der Waals surface area (Å²) >= 11 is 0. The normalized spacial score (nSPS) is 26.4. The lowest BCUT2D eigenvalue weighted by atomic mass is 9.74. The molecule has 40 heavy (non-hydrogen) atoms. The molecule has 6 nitrogen and oxygen atoms in total. The number of hydrogen-bond acceptors (Lipinski definition) is 4. The van der Waals surface area contributed by atoms with Crippen LogP contribution in [0.25, 0.3) is 0 Å². The van der Waals surface area contributed by atoms with Crippen molar-refractivity contribution in [1.82, 2.24) is 14.7 Å². The third-order valence-corrected chi connectivity index (χ3v) is 9.73. The SMILES string of the molecule is CC1(C)CCC(N(C(=O)C(C)(C)CO)[C@H]2CCN(C(=O)[C@@H]3CN(C(C)(C)C)C[C@H]3c3ccc(F)cc3F)C2)CC1. The lowest BCUT2D eigenvalue weighted by molar-refractivity contribution is -0.149. The van der Waals surface area contributed by atoms with Crippen LogP contribution in [0.2, 0.25) is 0 Å². The quantitative estimate of drug-likeness (QED) is 0.519. The molecule has 0 radical (unpaired) electrons. The van der Waals surface area contributed by atoms with Gasteiger partial charge in [-0.15, -0.1) is 0 Å². The van der Waals surface area contributed by atoms with E-state index in [0.717, 1.165) is 31.7 Å². The van der Waals surface area contributed by atoms with Crippen molar-refractivity contribution in [2.45, 2.75) is 104 Å². The minimum Gasteiger partial charge on any atom is -0.395 e. The average molecular weight is 562 g/mol. The number of hydrogen-bond donors (Lipinski definition) is 1. The van der Waals surface area contributed by atoms with Crippen LogP contribution in [0.4, 0.5) is 8.78 Å². The molecule has 1 saturated carbocycles. The molecular formula is C32H49F2N3O3. The second-order valence-corrected chi connectivity index (χ2v) is 14.8. The molecule has 1 aromatic rings. The molecule has 1 N–H and O–H groups in total.